The van der Waals surface area contributed by atoms with Crippen molar-refractivity contribution in [1.82, 2.24) is 0 Å². The van der Waals surface area contributed by atoms with Crippen LogP contribution in [0.25, 0.3) is 0 Å². The lowest BCUT2D eigenvalue weighted by Gasteiger charge is -2.21. The zero-order valence-corrected chi connectivity index (χ0v) is 9.12. The molecule has 1 aliphatic rings. The van der Waals surface area contributed by atoms with E-state index in [0.717, 1.165) is 5.69 Å². The van der Waals surface area contributed by atoms with Gasteiger partial charge in [-0.15, -0.1) is 0 Å². The van der Waals surface area contributed by atoms with Crippen molar-refractivity contribution < 1.29 is 0 Å². The van der Waals surface area contributed by atoms with Crippen molar-refractivity contribution in [2.45, 2.75) is 33.1 Å². The van der Waals surface area contributed by atoms with E-state index in [0.29, 0.717) is 11.3 Å². The number of hydrogen-bond donors (Lipinski definition) is 0. The molecule has 2 rings (SSSR count). The van der Waals surface area contributed by atoms with Gasteiger partial charge in [0.25, 0.3) is 0 Å². The Morgan fingerprint density at radius 3 is 2.64 bits per heavy atom. The summed E-state index contributed by atoms with van der Waals surface area (Å²) in [6, 6.07) is 8.44. The smallest absolute Gasteiger partial charge is 0.0664 e. The molecular formula is C13H17N. The summed E-state index contributed by atoms with van der Waals surface area (Å²) in [6.45, 7) is 6.84. The largest absolute Gasteiger partial charge is 0.260 e. The van der Waals surface area contributed by atoms with Gasteiger partial charge in [0.05, 0.1) is 5.69 Å². The molecule has 0 aliphatic carbocycles. The average molecular weight is 187 g/mol. The SMILES string of the molecule is CC(C)(C)CC1C=Nc2ccccc21. The molecule has 1 aromatic rings. The van der Waals surface area contributed by atoms with Crippen molar-refractivity contribution in [3.05, 3.63) is 29.8 Å². The van der Waals surface area contributed by atoms with Gasteiger partial charge in [0.15, 0.2) is 0 Å². The Morgan fingerprint density at radius 2 is 1.93 bits per heavy atom. The van der Waals surface area contributed by atoms with Gasteiger partial charge in [-0.3, -0.25) is 4.99 Å². The normalized spacial score (nSPS) is 19.8. The second kappa shape index (κ2) is 3.23. The summed E-state index contributed by atoms with van der Waals surface area (Å²) >= 11 is 0. The van der Waals surface area contributed by atoms with E-state index < -0.39 is 0 Å². The predicted molar refractivity (Wildman–Crippen MR) is 61.4 cm³/mol. The summed E-state index contributed by atoms with van der Waals surface area (Å²) in [7, 11) is 0. The van der Waals surface area contributed by atoms with E-state index in [2.05, 4.69) is 56.2 Å². The molecule has 0 saturated carbocycles. The summed E-state index contributed by atoms with van der Waals surface area (Å²) in [6.07, 6.45) is 3.27. The molecule has 1 aliphatic heterocycles. The number of para-hydroxylation sites is 1. The van der Waals surface area contributed by atoms with Gasteiger partial charge in [0.2, 0.25) is 0 Å². The van der Waals surface area contributed by atoms with Crippen molar-refractivity contribution >= 4 is 11.9 Å². The standard InChI is InChI=1S/C13H17N/c1-13(2,3)8-10-9-14-12-7-5-4-6-11(10)12/h4-7,9-10H,8H2,1-3H3. The second-order valence-electron chi connectivity index (χ2n) is 5.21. The highest BCUT2D eigenvalue weighted by atomic mass is 14.8. The predicted octanol–water partition coefficient (Wildman–Crippen LogP) is 3.92. The number of aliphatic imine (C=N–C) groups is 1. The Morgan fingerprint density at radius 1 is 1.21 bits per heavy atom. The van der Waals surface area contributed by atoms with Gasteiger partial charge in [-0.25, -0.2) is 0 Å². The Labute approximate surface area is 85.9 Å². The van der Waals surface area contributed by atoms with Crippen LogP contribution in [0.3, 0.4) is 0 Å². The summed E-state index contributed by atoms with van der Waals surface area (Å²) in [4.78, 5) is 4.44. The summed E-state index contributed by atoms with van der Waals surface area (Å²) in [5.41, 5.74) is 2.91. The van der Waals surface area contributed by atoms with Crippen LogP contribution in [0.5, 0.6) is 0 Å². The zero-order chi connectivity index (χ0) is 10.2. The minimum absolute atomic E-state index is 0.369. The molecule has 1 heteroatoms. The van der Waals surface area contributed by atoms with Gasteiger partial charge in [0.1, 0.15) is 0 Å². The Balaban J connectivity index is 2.23. The average Bonchev–Trinajstić information content (AvgIpc) is 2.47. The molecule has 74 valence electrons. The first-order chi connectivity index (χ1) is 6.56. The van der Waals surface area contributed by atoms with Crippen LogP contribution in [0.4, 0.5) is 5.69 Å². The molecule has 0 saturated heterocycles. The molecule has 14 heavy (non-hydrogen) atoms. The highest BCUT2D eigenvalue weighted by Crippen LogP contribution is 2.38. The second-order valence-corrected chi connectivity index (χ2v) is 5.21. The molecule has 0 aromatic heterocycles. The molecule has 1 atom stereocenters. The van der Waals surface area contributed by atoms with Gasteiger partial charge in [-0.1, -0.05) is 39.0 Å². The van der Waals surface area contributed by atoms with Crippen molar-refractivity contribution in [3.8, 4) is 0 Å². The minimum atomic E-state index is 0.369. The van der Waals surface area contributed by atoms with Crippen LogP contribution in [-0.2, 0) is 0 Å². The summed E-state index contributed by atoms with van der Waals surface area (Å²) in [5.74, 6) is 0.520. The van der Waals surface area contributed by atoms with Gasteiger partial charge < -0.3 is 0 Å². The maximum Gasteiger partial charge on any atom is 0.0664 e. The lowest BCUT2D eigenvalue weighted by Crippen LogP contribution is -2.11. The van der Waals surface area contributed by atoms with Gasteiger partial charge >= 0.3 is 0 Å². The fourth-order valence-corrected chi connectivity index (χ4v) is 1.99. The highest BCUT2D eigenvalue weighted by Gasteiger charge is 2.23. The Kier molecular flexibility index (Phi) is 2.18. The van der Waals surface area contributed by atoms with Crippen LogP contribution >= 0.6 is 0 Å². The molecule has 0 N–H and O–H groups in total. The molecule has 0 spiro atoms. The topological polar surface area (TPSA) is 12.4 Å². The van der Waals surface area contributed by atoms with Crippen LogP contribution < -0.4 is 0 Å². The van der Waals surface area contributed by atoms with Gasteiger partial charge in [0, 0.05) is 12.1 Å². The molecular weight excluding hydrogens is 170 g/mol. The molecule has 1 nitrogen and oxygen atoms in total. The van der Waals surface area contributed by atoms with E-state index in [9.17, 15) is 0 Å². The minimum Gasteiger partial charge on any atom is -0.260 e. The molecule has 1 unspecified atom stereocenters. The number of hydrogen-bond acceptors (Lipinski definition) is 1. The van der Waals surface area contributed by atoms with E-state index in [-0.39, 0.29) is 0 Å². The number of benzene rings is 1. The van der Waals surface area contributed by atoms with Crippen molar-refractivity contribution in [2.75, 3.05) is 0 Å². The number of nitrogens with zero attached hydrogens (tertiary/aromatic N) is 1. The van der Waals surface area contributed by atoms with Crippen molar-refractivity contribution in [3.63, 3.8) is 0 Å². The van der Waals surface area contributed by atoms with E-state index in [1.54, 1.807) is 0 Å². The van der Waals surface area contributed by atoms with Gasteiger partial charge in [-0.2, -0.15) is 0 Å². The van der Waals surface area contributed by atoms with Crippen LogP contribution in [0, 0.1) is 5.41 Å². The fraction of sp³-hybridized carbons (Fsp3) is 0.462. The van der Waals surface area contributed by atoms with Crippen LogP contribution in [0.1, 0.15) is 38.7 Å². The highest BCUT2D eigenvalue weighted by molar-refractivity contribution is 5.80. The summed E-state index contributed by atoms with van der Waals surface area (Å²) in [5, 5.41) is 0. The first-order valence-electron chi connectivity index (χ1n) is 5.19. The fourth-order valence-electron chi connectivity index (χ4n) is 1.99. The van der Waals surface area contributed by atoms with Crippen LogP contribution in [-0.4, -0.2) is 6.21 Å². The molecule has 0 bridgehead atoms. The van der Waals surface area contributed by atoms with Crippen LogP contribution in [0.15, 0.2) is 29.3 Å². The first kappa shape index (κ1) is 9.45. The lowest BCUT2D eigenvalue weighted by atomic mass is 9.82. The lowest BCUT2D eigenvalue weighted by molar-refractivity contribution is 0.370. The van der Waals surface area contributed by atoms with Crippen LogP contribution in [0.2, 0.25) is 0 Å². The third-order valence-corrected chi connectivity index (χ3v) is 2.56. The zero-order valence-electron chi connectivity index (χ0n) is 9.12. The van der Waals surface area contributed by atoms with Gasteiger partial charge in [-0.05, 0) is 23.5 Å². The number of rotatable bonds is 1. The third kappa shape index (κ3) is 1.87. The molecule has 0 amide bonds. The molecule has 1 aromatic carbocycles. The Bertz CT molecular complexity index is 358. The van der Waals surface area contributed by atoms with E-state index in [1.165, 1.54) is 12.0 Å². The molecule has 0 fully saturated rings. The van der Waals surface area contributed by atoms with E-state index in [4.69, 9.17) is 0 Å². The number of fused-ring (bicyclic) bond motifs is 1. The molecule has 0 radical (unpaired) electrons. The quantitative estimate of drug-likeness (QED) is 0.632. The monoisotopic (exact) mass is 187 g/mol. The molecule has 1 heterocycles. The van der Waals surface area contributed by atoms with Crippen molar-refractivity contribution in [2.24, 2.45) is 10.4 Å². The Hall–Kier alpha value is -1.11. The van der Waals surface area contributed by atoms with E-state index >= 15 is 0 Å². The maximum absolute atomic E-state index is 4.44. The summed E-state index contributed by atoms with van der Waals surface area (Å²) < 4.78 is 0. The van der Waals surface area contributed by atoms with Crippen molar-refractivity contribution in [1.29, 1.82) is 0 Å². The van der Waals surface area contributed by atoms with E-state index in [1.807, 2.05) is 0 Å². The maximum atomic E-state index is 4.44. The first-order valence-corrected chi connectivity index (χ1v) is 5.19. The third-order valence-electron chi connectivity index (χ3n) is 2.56.